The fraction of sp³-hybridized carbons (Fsp3) is 0.600. The van der Waals surface area contributed by atoms with E-state index in [0.717, 1.165) is 18.4 Å². The van der Waals surface area contributed by atoms with Gasteiger partial charge >= 0.3 is 5.69 Å². The smallest absolute Gasteiger partial charge is 0.349 e. The molecule has 2 atom stereocenters. The molecule has 0 unspecified atom stereocenters. The molecule has 4 nitrogen and oxygen atoms in total. The predicted molar refractivity (Wildman–Crippen MR) is 52.1 cm³/mol. The Morgan fingerprint density at radius 3 is 3.00 bits per heavy atom. The Morgan fingerprint density at radius 2 is 2.36 bits per heavy atom. The molecule has 1 saturated heterocycles. The molecule has 1 aliphatic heterocycles. The minimum absolute atomic E-state index is 0.120. The van der Waals surface area contributed by atoms with Crippen molar-refractivity contribution in [3.63, 3.8) is 0 Å². The average Bonchev–Trinajstić information content (AvgIpc) is 2.56. The second kappa shape index (κ2) is 3.53. The highest BCUT2D eigenvalue weighted by molar-refractivity contribution is 5.00. The fourth-order valence-electron chi connectivity index (χ4n) is 1.72. The third kappa shape index (κ3) is 1.70. The molecular weight excluding hydrogens is 180 g/mol. The van der Waals surface area contributed by atoms with Gasteiger partial charge in [0.1, 0.15) is 6.23 Å². The number of nitrogens with zero attached hydrogens (tertiary/aromatic N) is 2. The van der Waals surface area contributed by atoms with Crippen LogP contribution in [0, 0.1) is 6.92 Å². The highest BCUT2D eigenvalue weighted by Crippen LogP contribution is 2.26. The standard InChI is InChI=1S/C10H14N2O2/c1-7-5-11-10(13)12(6-7)9-4-3-8(2)14-9/h5-6,8-9H,3-4H2,1-2H3/t8-,9-/m1/s1. The van der Waals surface area contributed by atoms with Gasteiger partial charge in [-0.15, -0.1) is 0 Å². The highest BCUT2D eigenvalue weighted by Gasteiger charge is 2.23. The second-order valence-corrected chi connectivity index (χ2v) is 3.80. The van der Waals surface area contributed by atoms with Gasteiger partial charge in [-0.3, -0.25) is 4.57 Å². The van der Waals surface area contributed by atoms with E-state index in [2.05, 4.69) is 4.98 Å². The van der Waals surface area contributed by atoms with E-state index in [1.165, 1.54) is 0 Å². The summed E-state index contributed by atoms with van der Waals surface area (Å²) in [5.41, 5.74) is 0.752. The van der Waals surface area contributed by atoms with Crippen molar-refractivity contribution in [1.29, 1.82) is 0 Å². The van der Waals surface area contributed by atoms with Gasteiger partial charge in [-0.05, 0) is 32.3 Å². The van der Waals surface area contributed by atoms with Gasteiger partial charge in [-0.1, -0.05) is 0 Å². The minimum Gasteiger partial charge on any atom is -0.355 e. The zero-order valence-electron chi connectivity index (χ0n) is 8.43. The van der Waals surface area contributed by atoms with Crippen LogP contribution < -0.4 is 5.69 Å². The molecular formula is C10H14N2O2. The molecule has 0 bridgehead atoms. The topological polar surface area (TPSA) is 44.1 Å². The van der Waals surface area contributed by atoms with Crippen LogP contribution in [-0.2, 0) is 4.74 Å². The maximum absolute atomic E-state index is 11.4. The van der Waals surface area contributed by atoms with E-state index in [4.69, 9.17) is 4.74 Å². The molecule has 0 aromatic carbocycles. The molecule has 14 heavy (non-hydrogen) atoms. The number of rotatable bonds is 1. The third-order valence-electron chi connectivity index (χ3n) is 2.46. The Kier molecular flexibility index (Phi) is 2.37. The average molecular weight is 194 g/mol. The van der Waals surface area contributed by atoms with Crippen LogP contribution in [0.4, 0.5) is 0 Å². The van der Waals surface area contributed by atoms with Crippen LogP contribution in [0.15, 0.2) is 17.2 Å². The molecule has 4 heteroatoms. The molecule has 0 N–H and O–H groups in total. The Hall–Kier alpha value is -1.16. The molecule has 1 fully saturated rings. The van der Waals surface area contributed by atoms with Crippen molar-refractivity contribution in [3.8, 4) is 0 Å². The summed E-state index contributed by atoms with van der Waals surface area (Å²) in [5.74, 6) is 0. The molecule has 1 aromatic rings. The fourth-order valence-corrected chi connectivity index (χ4v) is 1.72. The Labute approximate surface area is 82.5 Å². The summed E-state index contributed by atoms with van der Waals surface area (Å²) >= 11 is 0. The van der Waals surface area contributed by atoms with Gasteiger partial charge in [0.25, 0.3) is 0 Å². The monoisotopic (exact) mass is 194 g/mol. The molecule has 0 aliphatic carbocycles. The van der Waals surface area contributed by atoms with Gasteiger partial charge in [-0.2, -0.15) is 0 Å². The molecule has 1 aromatic heterocycles. The SMILES string of the molecule is Cc1cnc(=O)n([C@H]2CC[C@@H](C)O2)c1. The van der Waals surface area contributed by atoms with E-state index < -0.39 is 0 Å². The number of hydrogen-bond donors (Lipinski definition) is 0. The van der Waals surface area contributed by atoms with Crippen LogP contribution in [0.3, 0.4) is 0 Å². The molecule has 0 spiro atoms. The Balaban J connectivity index is 2.32. The molecule has 0 amide bonds. The van der Waals surface area contributed by atoms with Crippen molar-refractivity contribution in [1.82, 2.24) is 9.55 Å². The lowest BCUT2D eigenvalue weighted by Gasteiger charge is -2.13. The van der Waals surface area contributed by atoms with E-state index in [0.29, 0.717) is 0 Å². The maximum Gasteiger partial charge on any atom is 0.349 e. The summed E-state index contributed by atoms with van der Waals surface area (Å²) in [6, 6.07) is 0. The number of ether oxygens (including phenoxy) is 1. The maximum atomic E-state index is 11.4. The van der Waals surface area contributed by atoms with Gasteiger partial charge in [0.05, 0.1) is 6.10 Å². The summed E-state index contributed by atoms with van der Waals surface area (Å²) in [6.45, 7) is 3.94. The first-order valence-corrected chi connectivity index (χ1v) is 4.87. The molecule has 1 aliphatic rings. The predicted octanol–water partition coefficient (Wildman–Crippen LogP) is 1.25. The summed E-state index contributed by atoms with van der Waals surface area (Å²) in [7, 11) is 0. The normalized spacial score (nSPS) is 26.7. The third-order valence-corrected chi connectivity index (χ3v) is 2.46. The zero-order chi connectivity index (χ0) is 10.1. The molecule has 0 saturated carbocycles. The van der Waals surface area contributed by atoms with E-state index >= 15 is 0 Å². The van der Waals surface area contributed by atoms with Crippen molar-refractivity contribution in [2.24, 2.45) is 0 Å². The van der Waals surface area contributed by atoms with Gasteiger partial charge < -0.3 is 4.74 Å². The lowest BCUT2D eigenvalue weighted by Crippen LogP contribution is -2.26. The van der Waals surface area contributed by atoms with E-state index in [-0.39, 0.29) is 18.0 Å². The van der Waals surface area contributed by atoms with Crippen LogP contribution in [0.5, 0.6) is 0 Å². The molecule has 76 valence electrons. The first-order chi connectivity index (χ1) is 6.66. The zero-order valence-corrected chi connectivity index (χ0v) is 8.43. The van der Waals surface area contributed by atoms with Crippen molar-refractivity contribution >= 4 is 0 Å². The summed E-state index contributed by atoms with van der Waals surface area (Å²) in [4.78, 5) is 15.2. The second-order valence-electron chi connectivity index (χ2n) is 3.80. The molecule has 0 radical (unpaired) electrons. The van der Waals surface area contributed by atoms with Crippen LogP contribution >= 0.6 is 0 Å². The Bertz CT molecular complexity index is 386. The van der Waals surface area contributed by atoms with Crippen LogP contribution in [0.1, 0.15) is 31.6 Å². The van der Waals surface area contributed by atoms with Crippen molar-refractivity contribution in [3.05, 3.63) is 28.4 Å². The van der Waals surface area contributed by atoms with Gasteiger partial charge in [0.2, 0.25) is 0 Å². The Morgan fingerprint density at radius 1 is 1.57 bits per heavy atom. The van der Waals surface area contributed by atoms with Gasteiger partial charge in [-0.25, -0.2) is 9.78 Å². The van der Waals surface area contributed by atoms with E-state index in [9.17, 15) is 4.79 Å². The van der Waals surface area contributed by atoms with Crippen molar-refractivity contribution in [2.45, 2.75) is 39.0 Å². The summed E-state index contributed by atoms with van der Waals surface area (Å²) in [6.07, 6.45) is 5.41. The lowest BCUT2D eigenvalue weighted by molar-refractivity contribution is 0.00788. The van der Waals surface area contributed by atoms with Gasteiger partial charge in [0, 0.05) is 12.4 Å². The highest BCUT2D eigenvalue weighted by atomic mass is 16.5. The molecule has 2 rings (SSSR count). The largest absolute Gasteiger partial charge is 0.355 e. The minimum atomic E-state index is -0.227. The van der Waals surface area contributed by atoms with Crippen LogP contribution in [0.25, 0.3) is 0 Å². The quantitative estimate of drug-likeness (QED) is 0.675. The summed E-state index contributed by atoms with van der Waals surface area (Å²) < 4.78 is 7.19. The van der Waals surface area contributed by atoms with Gasteiger partial charge in [0.15, 0.2) is 0 Å². The van der Waals surface area contributed by atoms with Crippen molar-refractivity contribution < 1.29 is 4.74 Å². The van der Waals surface area contributed by atoms with E-state index in [1.807, 2.05) is 13.8 Å². The lowest BCUT2D eigenvalue weighted by atomic mass is 10.2. The van der Waals surface area contributed by atoms with Crippen LogP contribution in [0.2, 0.25) is 0 Å². The summed E-state index contributed by atoms with van der Waals surface area (Å²) in [5, 5.41) is 0. The molecule has 2 heterocycles. The number of aryl methyl sites for hydroxylation is 1. The number of hydrogen-bond acceptors (Lipinski definition) is 3. The first kappa shape index (κ1) is 9.40. The number of aromatic nitrogens is 2. The van der Waals surface area contributed by atoms with Crippen LogP contribution in [-0.4, -0.2) is 15.7 Å². The van der Waals surface area contributed by atoms with Crippen molar-refractivity contribution in [2.75, 3.05) is 0 Å². The first-order valence-electron chi connectivity index (χ1n) is 4.87. The van der Waals surface area contributed by atoms with E-state index in [1.54, 1.807) is 17.0 Å².